The van der Waals surface area contributed by atoms with E-state index in [0.717, 1.165) is 0 Å². The molecule has 0 fully saturated rings. The second-order valence-corrected chi connectivity index (χ2v) is 3.97. The molecule has 0 saturated heterocycles. The third kappa shape index (κ3) is 6.13. The van der Waals surface area contributed by atoms with Gasteiger partial charge in [-0.25, -0.2) is 9.59 Å². The summed E-state index contributed by atoms with van der Waals surface area (Å²) in [5, 5.41) is 15.9. The van der Waals surface area contributed by atoms with E-state index in [9.17, 15) is 0 Å². The summed E-state index contributed by atoms with van der Waals surface area (Å²) in [4.78, 5) is 20.4. The minimum absolute atomic E-state index is 0.332. The fraction of sp³-hybridized carbons (Fsp3) is 0. The van der Waals surface area contributed by atoms with Gasteiger partial charge in [-0.05, 0) is 23.9 Å². The zero-order chi connectivity index (χ0) is 14.3. The Morgan fingerprint density at radius 1 is 1.00 bits per heavy atom. The maximum atomic E-state index is 9.10. The van der Waals surface area contributed by atoms with Gasteiger partial charge in [0.1, 0.15) is 0 Å². The minimum Gasteiger partial charge on any atom is -0.473 e. The summed E-state index contributed by atoms with van der Waals surface area (Å²) < 4.78 is 0. The molecule has 1 rings (SSSR count). The summed E-state index contributed by atoms with van der Waals surface area (Å²) in [6.45, 7) is 0. The van der Waals surface area contributed by atoms with Crippen LogP contribution in [0.25, 0.3) is 0 Å². The van der Waals surface area contributed by atoms with Crippen molar-refractivity contribution < 1.29 is 19.8 Å². The van der Waals surface area contributed by atoms with E-state index in [1.54, 1.807) is 12.1 Å². The molecule has 0 saturated carbocycles. The topological polar surface area (TPSA) is 98.7 Å². The van der Waals surface area contributed by atoms with E-state index >= 15 is 0 Å². The Hall–Kier alpha value is -0.920. The van der Waals surface area contributed by atoms with Crippen molar-refractivity contribution >= 4 is 64.2 Å². The van der Waals surface area contributed by atoms with Crippen LogP contribution in [-0.4, -0.2) is 22.2 Å². The number of hydrazine groups is 1. The van der Waals surface area contributed by atoms with Crippen LogP contribution in [0.3, 0.4) is 0 Å². The van der Waals surface area contributed by atoms with Gasteiger partial charge in [-0.2, -0.15) is 0 Å². The van der Waals surface area contributed by atoms with Crippen LogP contribution in [-0.2, 0) is 9.59 Å². The molecule has 0 radical (unpaired) electrons. The summed E-state index contributed by atoms with van der Waals surface area (Å²) >= 11 is 22.4. The Bertz CT molecular complexity index is 420. The Balaban J connectivity index is 0.000000411. The molecule has 18 heavy (non-hydrogen) atoms. The van der Waals surface area contributed by atoms with Crippen LogP contribution in [0.2, 0.25) is 15.1 Å². The van der Waals surface area contributed by atoms with Gasteiger partial charge >= 0.3 is 11.9 Å². The van der Waals surface area contributed by atoms with Gasteiger partial charge in [0.15, 0.2) is 0 Å². The molecule has 10 heteroatoms. The number of hydrogen-bond acceptors (Lipinski definition) is 4. The molecule has 0 aromatic heterocycles. The van der Waals surface area contributed by atoms with E-state index < -0.39 is 11.9 Å². The quantitative estimate of drug-likeness (QED) is 0.287. The first kappa shape index (κ1) is 17.1. The molecule has 0 unspecified atom stereocenters. The summed E-state index contributed by atoms with van der Waals surface area (Å²) in [6, 6.07) is 3.20. The highest BCUT2D eigenvalue weighted by Crippen LogP contribution is 2.32. The monoisotopic (exact) mass is 334 g/mol. The Morgan fingerprint density at radius 3 is 1.67 bits per heavy atom. The smallest absolute Gasteiger partial charge is 0.414 e. The van der Waals surface area contributed by atoms with Crippen LogP contribution in [0, 0.1) is 0 Å². The van der Waals surface area contributed by atoms with Gasteiger partial charge in [-0.3, -0.25) is 0 Å². The van der Waals surface area contributed by atoms with Gasteiger partial charge in [0.25, 0.3) is 0 Å². The summed E-state index contributed by atoms with van der Waals surface area (Å²) in [5.74, 6) is -3.65. The van der Waals surface area contributed by atoms with Crippen molar-refractivity contribution in [1.82, 2.24) is 4.94 Å². The number of aliphatic carboxylic acids is 2. The molecule has 0 atom stereocenters. The lowest BCUT2D eigenvalue weighted by atomic mass is 10.3. The highest BCUT2D eigenvalue weighted by atomic mass is 35.5. The molecular formula is C8H6Cl4N2O4. The molecule has 4 N–H and O–H groups in total. The van der Waals surface area contributed by atoms with Crippen LogP contribution in [0.1, 0.15) is 0 Å². The van der Waals surface area contributed by atoms with Gasteiger partial charge in [-0.1, -0.05) is 34.8 Å². The van der Waals surface area contributed by atoms with Crippen LogP contribution in [0.15, 0.2) is 12.1 Å². The average Bonchev–Trinajstić information content (AvgIpc) is 2.27. The fourth-order valence-corrected chi connectivity index (χ4v) is 1.39. The largest absolute Gasteiger partial charge is 0.473 e. The van der Waals surface area contributed by atoms with Crippen LogP contribution < -0.4 is 10.4 Å². The van der Waals surface area contributed by atoms with E-state index in [1.165, 1.54) is 0 Å². The highest BCUT2D eigenvalue weighted by Gasteiger charge is 2.05. The maximum absolute atomic E-state index is 9.10. The van der Waals surface area contributed by atoms with Crippen molar-refractivity contribution in [3.63, 3.8) is 0 Å². The van der Waals surface area contributed by atoms with Crippen molar-refractivity contribution in [2.24, 2.45) is 0 Å². The van der Waals surface area contributed by atoms with E-state index in [2.05, 4.69) is 10.4 Å². The molecule has 0 amide bonds. The minimum atomic E-state index is -1.82. The molecule has 0 spiro atoms. The van der Waals surface area contributed by atoms with E-state index in [0.29, 0.717) is 20.8 Å². The Morgan fingerprint density at radius 2 is 1.39 bits per heavy atom. The SMILES string of the molecule is ClNNc1cc(Cl)c(Cl)c(Cl)c1.O=C(O)C(=O)O. The van der Waals surface area contributed by atoms with Gasteiger partial charge in [-0.15, -0.1) is 4.94 Å². The fourth-order valence-electron chi connectivity index (χ4n) is 0.682. The Labute approximate surface area is 121 Å². The third-order valence-electron chi connectivity index (χ3n) is 1.36. The number of benzene rings is 1. The number of nitrogens with one attached hydrogen (secondary N) is 2. The van der Waals surface area contributed by atoms with E-state index in [1.807, 2.05) is 0 Å². The number of halogens is 4. The number of anilines is 1. The predicted octanol–water partition coefficient (Wildman–Crippen LogP) is 2.87. The zero-order valence-electron chi connectivity index (χ0n) is 8.38. The molecule has 6 nitrogen and oxygen atoms in total. The molecule has 0 aliphatic heterocycles. The predicted molar refractivity (Wildman–Crippen MR) is 69.4 cm³/mol. The van der Waals surface area contributed by atoms with E-state index in [-0.39, 0.29) is 0 Å². The number of carboxylic acid groups (broad SMARTS) is 2. The number of hydrogen-bond donors (Lipinski definition) is 4. The molecule has 0 aliphatic rings. The molecule has 0 heterocycles. The first-order valence-electron chi connectivity index (χ1n) is 4.02. The van der Waals surface area contributed by atoms with Crippen molar-refractivity contribution in [3.05, 3.63) is 27.2 Å². The first-order valence-corrected chi connectivity index (χ1v) is 5.53. The van der Waals surface area contributed by atoms with E-state index in [4.69, 9.17) is 66.4 Å². The lowest BCUT2D eigenvalue weighted by molar-refractivity contribution is -0.159. The number of carboxylic acids is 2. The third-order valence-corrected chi connectivity index (χ3v) is 2.65. The Kier molecular flexibility index (Phi) is 7.81. The molecule has 1 aromatic rings. The molecule has 0 bridgehead atoms. The van der Waals surface area contributed by atoms with Crippen LogP contribution in [0.5, 0.6) is 0 Å². The summed E-state index contributed by atoms with van der Waals surface area (Å²) in [6.07, 6.45) is 0. The standard InChI is InChI=1S/C6H4Cl4N2.C2H2O4/c7-4-1-3(11-12-10)2-5(8)6(4)9;3-1(4)2(5)6/h1-2,11-12H;(H,3,4)(H,5,6). The summed E-state index contributed by atoms with van der Waals surface area (Å²) in [7, 11) is 0. The second-order valence-electron chi connectivity index (χ2n) is 2.58. The van der Waals surface area contributed by atoms with Gasteiger partial charge < -0.3 is 15.6 Å². The van der Waals surface area contributed by atoms with Gasteiger partial charge in [0, 0.05) is 0 Å². The summed E-state index contributed by atoms with van der Waals surface area (Å²) in [5.41, 5.74) is 3.25. The maximum Gasteiger partial charge on any atom is 0.414 e. The lowest BCUT2D eigenvalue weighted by Gasteiger charge is -2.05. The number of carbonyl (C=O) groups is 2. The number of rotatable bonds is 2. The second kappa shape index (κ2) is 8.23. The van der Waals surface area contributed by atoms with Gasteiger partial charge in [0.05, 0.1) is 20.8 Å². The van der Waals surface area contributed by atoms with Crippen molar-refractivity contribution in [3.8, 4) is 0 Å². The molecular weight excluding hydrogens is 330 g/mol. The first-order chi connectivity index (χ1) is 8.29. The zero-order valence-corrected chi connectivity index (χ0v) is 11.4. The van der Waals surface area contributed by atoms with Crippen molar-refractivity contribution in [2.45, 2.75) is 0 Å². The van der Waals surface area contributed by atoms with Crippen LogP contribution in [0.4, 0.5) is 5.69 Å². The highest BCUT2D eigenvalue weighted by molar-refractivity contribution is 6.48. The van der Waals surface area contributed by atoms with Gasteiger partial charge in [0.2, 0.25) is 0 Å². The molecule has 0 aliphatic carbocycles. The van der Waals surface area contributed by atoms with Crippen molar-refractivity contribution in [1.29, 1.82) is 0 Å². The molecule has 100 valence electrons. The average molecular weight is 336 g/mol. The van der Waals surface area contributed by atoms with Crippen LogP contribution >= 0.6 is 46.6 Å². The van der Waals surface area contributed by atoms with Crippen molar-refractivity contribution in [2.75, 3.05) is 5.43 Å². The lowest BCUT2D eigenvalue weighted by Crippen LogP contribution is -2.09. The molecule has 1 aromatic carbocycles. The normalized spacial score (nSPS) is 9.11.